The lowest BCUT2D eigenvalue weighted by Crippen LogP contribution is -2.31. The van der Waals surface area contributed by atoms with E-state index in [1.165, 1.54) is 0 Å². The van der Waals surface area contributed by atoms with E-state index >= 15 is 0 Å². The Balaban J connectivity index is 2.35. The Kier molecular flexibility index (Phi) is 3.44. The number of nitrogens with zero attached hydrogens (tertiary/aromatic N) is 1. The maximum Gasteiger partial charge on any atom is 0.338 e. The van der Waals surface area contributed by atoms with Crippen molar-refractivity contribution in [1.29, 1.82) is 0 Å². The summed E-state index contributed by atoms with van der Waals surface area (Å²) in [6.07, 6.45) is 0. The van der Waals surface area contributed by atoms with Crippen LogP contribution in [0, 0.1) is 4.91 Å². The molecule has 5 nitrogen and oxygen atoms in total. The highest BCUT2D eigenvalue weighted by Gasteiger charge is 1.97. The first-order chi connectivity index (χ1) is 6.33. The van der Waals surface area contributed by atoms with E-state index in [4.69, 9.17) is 0 Å². The molecule has 0 atom stereocenters. The summed E-state index contributed by atoms with van der Waals surface area (Å²) in [5.74, 6) is 0. The monoisotopic (exact) mass is 179 g/mol. The van der Waals surface area contributed by atoms with Crippen molar-refractivity contribution in [3.05, 3.63) is 40.8 Å². The fraction of sp³-hybridized carbons (Fsp3) is 0.125. The molecule has 68 valence electrons. The zero-order valence-corrected chi connectivity index (χ0v) is 6.86. The van der Waals surface area contributed by atoms with E-state index in [9.17, 15) is 9.70 Å². The Hall–Kier alpha value is -1.91. The van der Waals surface area contributed by atoms with Crippen LogP contribution in [-0.4, -0.2) is 6.03 Å². The first kappa shape index (κ1) is 9.18. The minimum absolute atomic E-state index is 0.377. The van der Waals surface area contributed by atoms with Crippen molar-refractivity contribution < 1.29 is 4.79 Å². The van der Waals surface area contributed by atoms with Gasteiger partial charge in [0.2, 0.25) is 0 Å². The minimum Gasteiger partial charge on any atom is -0.333 e. The summed E-state index contributed by atoms with van der Waals surface area (Å²) < 4.78 is 0. The van der Waals surface area contributed by atoms with Crippen LogP contribution in [0.15, 0.2) is 35.6 Å². The number of carbonyl (C=O) groups excluding carboxylic acids is 1. The average Bonchev–Trinajstić information content (AvgIpc) is 2.17. The summed E-state index contributed by atoms with van der Waals surface area (Å²) in [6.45, 7) is 0.377. The van der Waals surface area contributed by atoms with Gasteiger partial charge in [0.15, 0.2) is 0 Å². The van der Waals surface area contributed by atoms with E-state index in [2.05, 4.69) is 10.6 Å². The molecule has 0 aliphatic carbocycles. The number of amides is 2. The van der Waals surface area contributed by atoms with Gasteiger partial charge in [0, 0.05) is 6.54 Å². The van der Waals surface area contributed by atoms with Crippen molar-refractivity contribution in [3.63, 3.8) is 0 Å². The first-order valence-corrected chi connectivity index (χ1v) is 3.73. The number of benzene rings is 1. The van der Waals surface area contributed by atoms with Gasteiger partial charge in [-0.3, -0.25) is 0 Å². The van der Waals surface area contributed by atoms with Crippen LogP contribution in [0.25, 0.3) is 0 Å². The standard InChI is InChI=1S/C8H9N3O2/c12-8(10-11-13)9-6-7-4-2-1-3-5-7/h1-5H,6H2,(H2,9,10,12,13). The number of hydrogen-bond acceptors (Lipinski definition) is 3. The average molecular weight is 179 g/mol. The summed E-state index contributed by atoms with van der Waals surface area (Å²) in [5.41, 5.74) is 2.70. The lowest BCUT2D eigenvalue weighted by molar-refractivity contribution is 0.241. The number of carbonyl (C=O) groups is 1. The molecule has 0 heterocycles. The van der Waals surface area contributed by atoms with Gasteiger partial charge >= 0.3 is 6.03 Å². The molecule has 1 aromatic carbocycles. The van der Waals surface area contributed by atoms with Gasteiger partial charge in [-0.2, -0.15) is 5.43 Å². The van der Waals surface area contributed by atoms with Gasteiger partial charge in [-0.05, 0) is 5.56 Å². The van der Waals surface area contributed by atoms with E-state index in [1.807, 2.05) is 30.3 Å². The Labute approximate surface area is 75.1 Å². The SMILES string of the molecule is O=NNC(=O)NCc1ccccc1. The summed E-state index contributed by atoms with van der Waals surface area (Å²) in [7, 11) is 0. The van der Waals surface area contributed by atoms with Crippen LogP contribution in [0.3, 0.4) is 0 Å². The zero-order valence-electron chi connectivity index (χ0n) is 6.86. The van der Waals surface area contributed by atoms with E-state index in [0.29, 0.717) is 6.54 Å². The molecule has 2 amide bonds. The van der Waals surface area contributed by atoms with Crippen LogP contribution in [-0.2, 0) is 6.54 Å². The third-order valence-electron chi connectivity index (χ3n) is 1.44. The molecular weight excluding hydrogens is 170 g/mol. The topological polar surface area (TPSA) is 70.6 Å². The first-order valence-electron chi connectivity index (χ1n) is 3.73. The molecule has 0 radical (unpaired) electrons. The van der Waals surface area contributed by atoms with Crippen LogP contribution in [0.5, 0.6) is 0 Å². The molecule has 0 bridgehead atoms. The van der Waals surface area contributed by atoms with Crippen LogP contribution >= 0.6 is 0 Å². The lowest BCUT2D eigenvalue weighted by Gasteiger charge is -2.01. The summed E-state index contributed by atoms with van der Waals surface area (Å²) >= 11 is 0. The van der Waals surface area contributed by atoms with Crippen molar-refractivity contribution in [3.8, 4) is 0 Å². The van der Waals surface area contributed by atoms with E-state index in [0.717, 1.165) is 5.56 Å². The molecule has 0 saturated carbocycles. The molecule has 0 aliphatic rings. The largest absolute Gasteiger partial charge is 0.338 e. The van der Waals surface area contributed by atoms with Gasteiger partial charge < -0.3 is 5.32 Å². The quantitative estimate of drug-likeness (QED) is 0.540. The molecule has 2 N–H and O–H groups in total. The van der Waals surface area contributed by atoms with Gasteiger partial charge in [-0.15, -0.1) is 4.91 Å². The predicted octanol–water partition coefficient (Wildman–Crippen LogP) is 1.17. The van der Waals surface area contributed by atoms with Crippen molar-refractivity contribution in [1.82, 2.24) is 10.7 Å². The molecule has 13 heavy (non-hydrogen) atoms. The maximum absolute atomic E-state index is 10.7. The Morgan fingerprint density at radius 2 is 2.00 bits per heavy atom. The van der Waals surface area contributed by atoms with Gasteiger partial charge in [-0.25, -0.2) is 4.79 Å². The van der Waals surface area contributed by atoms with Crippen LogP contribution < -0.4 is 10.7 Å². The Bertz CT molecular complexity index is 287. The fourth-order valence-electron chi connectivity index (χ4n) is 0.859. The highest BCUT2D eigenvalue weighted by Crippen LogP contribution is 1.96. The molecule has 1 aromatic rings. The highest BCUT2D eigenvalue weighted by molar-refractivity contribution is 5.73. The predicted molar refractivity (Wildman–Crippen MR) is 47.6 cm³/mol. The summed E-state index contributed by atoms with van der Waals surface area (Å²) in [5, 5.41) is 4.69. The molecule has 0 aromatic heterocycles. The van der Waals surface area contributed by atoms with E-state index in [1.54, 1.807) is 5.43 Å². The second kappa shape index (κ2) is 4.87. The van der Waals surface area contributed by atoms with Crippen molar-refractivity contribution in [2.24, 2.45) is 5.29 Å². The third kappa shape index (κ3) is 3.33. The molecule has 1 rings (SSSR count). The van der Waals surface area contributed by atoms with Gasteiger partial charge in [0.25, 0.3) is 0 Å². The Morgan fingerprint density at radius 1 is 1.31 bits per heavy atom. The molecule has 0 spiro atoms. The molecule has 5 heteroatoms. The van der Waals surface area contributed by atoms with E-state index in [-0.39, 0.29) is 0 Å². The van der Waals surface area contributed by atoms with Gasteiger partial charge in [0.1, 0.15) is 0 Å². The third-order valence-corrected chi connectivity index (χ3v) is 1.44. The second-order valence-electron chi connectivity index (χ2n) is 2.37. The van der Waals surface area contributed by atoms with Crippen molar-refractivity contribution in [2.45, 2.75) is 6.54 Å². The van der Waals surface area contributed by atoms with Crippen molar-refractivity contribution in [2.75, 3.05) is 0 Å². The number of nitroso groups, excluding NO2 is 1. The molecule has 0 aliphatic heterocycles. The number of nitrogens with one attached hydrogen (secondary N) is 2. The highest BCUT2D eigenvalue weighted by atomic mass is 16.3. The summed E-state index contributed by atoms with van der Waals surface area (Å²) in [4.78, 5) is 20.3. The van der Waals surface area contributed by atoms with Crippen LogP contribution in [0.1, 0.15) is 5.56 Å². The maximum atomic E-state index is 10.7. The smallest absolute Gasteiger partial charge is 0.333 e. The molecule has 0 unspecified atom stereocenters. The molecule has 0 fully saturated rings. The van der Waals surface area contributed by atoms with Gasteiger partial charge in [-0.1, -0.05) is 30.3 Å². The molecule has 0 saturated heterocycles. The zero-order chi connectivity index (χ0) is 9.52. The number of urea groups is 1. The number of rotatable bonds is 3. The van der Waals surface area contributed by atoms with Crippen molar-refractivity contribution >= 4 is 6.03 Å². The summed E-state index contributed by atoms with van der Waals surface area (Å²) in [6, 6.07) is 8.76. The normalized spacial score (nSPS) is 8.92. The fourth-order valence-corrected chi connectivity index (χ4v) is 0.859. The van der Waals surface area contributed by atoms with Gasteiger partial charge in [0.05, 0.1) is 5.29 Å². The lowest BCUT2D eigenvalue weighted by atomic mass is 10.2. The number of hydrogen-bond donors (Lipinski definition) is 2. The van der Waals surface area contributed by atoms with Crippen LogP contribution in [0.4, 0.5) is 4.79 Å². The Morgan fingerprint density at radius 3 is 2.62 bits per heavy atom. The second-order valence-corrected chi connectivity index (χ2v) is 2.37. The molecular formula is C8H9N3O2. The van der Waals surface area contributed by atoms with Crippen LogP contribution in [0.2, 0.25) is 0 Å². The minimum atomic E-state index is -0.598. The van der Waals surface area contributed by atoms with E-state index < -0.39 is 6.03 Å².